The topological polar surface area (TPSA) is 46.2 Å². The maximum Gasteiger partial charge on any atom is 0.225 e. The summed E-state index contributed by atoms with van der Waals surface area (Å²) in [6, 6.07) is 9.33. The van der Waals surface area contributed by atoms with Gasteiger partial charge in [-0.1, -0.05) is 58.0 Å². The second-order valence-electron chi connectivity index (χ2n) is 5.79. The van der Waals surface area contributed by atoms with Gasteiger partial charge in [0.25, 0.3) is 0 Å². The van der Waals surface area contributed by atoms with Crippen LogP contribution in [0.5, 0.6) is 0 Å². The zero-order chi connectivity index (χ0) is 14.5. The first kappa shape index (κ1) is 15.4. The van der Waals surface area contributed by atoms with Crippen LogP contribution in [0.1, 0.15) is 39.7 Å². The van der Waals surface area contributed by atoms with Crippen LogP contribution in [0, 0.1) is 5.41 Å². The van der Waals surface area contributed by atoms with Crippen LogP contribution < -0.4 is 5.32 Å². The van der Waals surface area contributed by atoms with Gasteiger partial charge in [-0.05, 0) is 12.0 Å². The van der Waals surface area contributed by atoms with Gasteiger partial charge >= 0.3 is 0 Å². The molecule has 1 amide bonds. The number of benzene rings is 1. The monoisotopic (exact) mass is 261 g/mol. The first-order chi connectivity index (χ1) is 8.84. The van der Waals surface area contributed by atoms with Crippen LogP contribution in [0.4, 0.5) is 0 Å². The van der Waals surface area contributed by atoms with Crippen molar-refractivity contribution in [2.24, 2.45) is 5.41 Å². The van der Waals surface area contributed by atoms with Crippen molar-refractivity contribution in [3.05, 3.63) is 35.9 Å². The molecule has 1 aromatic rings. The Morgan fingerprint density at radius 1 is 1.16 bits per heavy atom. The Morgan fingerprint density at radius 3 is 2.21 bits per heavy atom. The van der Waals surface area contributed by atoms with E-state index in [2.05, 4.69) is 5.32 Å². The molecule has 1 rings (SSSR count). The fourth-order valence-corrected chi connectivity index (χ4v) is 1.72. The van der Waals surface area contributed by atoms with Crippen molar-refractivity contribution in [2.75, 3.05) is 0 Å². The highest BCUT2D eigenvalue weighted by Crippen LogP contribution is 2.14. The number of carbonyl (C=O) groups excluding carboxylic acids is 2. The van der Waals surface area contributed by atoms with Crippen LogP contribution in [0.2, 0.25) is 0 Å². The molecule has 0 unspecified atom stereocenters. The minimum atomic E-state index is -0.483. The summed E-state index contributed by atoms with van der Waals surface area (Å²) < 4.78 is 0. The molecule has 0 bridgehead atoms. The highest BCUT2D eigenvalue weighted by Gasteiger charge is 2.26. The molecule has 0 radical (unpaired) electrons. The van der Waals surface area contributed by atoms with Gasteiger partial charge < -0.3 is 5.32 Å². The van der Waals surface area contributed by atoms with Crippen LogP contribution in [0.15, 0.2) is 30.3 Å². The maximum absolute atomic E-state index is 12.0. The van der Waals surface area contributed by atoms with Crippen molar-refractivity contribution in [1.29, 1.82) is 0 Å². The summed E-state index contributed by atoms with van der Waals surface area (Å²) in [5, 5.41) is 2.87. The van der Waals surface area contributed by atoms with Crippen molar-refractivity contribution in [3.8, 4) is 0 Å². The van der Waals surface area contributed by atoms with E-state index in [1.54, 1.807) is 0 Å². The highest BCUT2D eigenvalue weighted by atomic mass is 16.2. The van der Waals surface area contributed by atoms with Crippen LogP contribution in [0.3, 0.4) is 0 Å². The molecule has 3 nitrogen and oxygen atoms in total. The molecule has 1 atom stereocenters. The van der Waals surface area contributed by atoms with Crippen LogP contribution >= 0.6 is 0 Å². The Bertz CT molecular complexity index is 432. The van der Waals surface area contributed by atoms with Gasteiger partial charge in [-0.3, -0.25) is 9.59 Å². The summed E-state index contributed by atoms with van der Waals surface area (Å²) >= 11 is 0. The molecule has 0 aliphatic carbocycles. The fraction of sp³-hybridized carbons (Fsp3) is 0.500. The average molecular weight is 261 g/mol. The number of carbonyl (C=O) groups is 2. The second-order valence-corrected chi connectivity index (χ2v) is 5.79. The van der Waals surface area contributed by atoms with Gasteiger partial charge in [-0.15, -0.1) is 0 Å². The first-order valence-electron chi connectivity index (χ1n) is 6.72. The van der Waals surface area contributed by atoms with E-state index >= 15 is 0 Å². The van der Waals surface area contributed by atoms with Crippen LogP contribution in [-0.4, -0.2) is 17.7 Å². The number of hydrogen-bond donors (Lipinski definition) is 1. The molecule has 0 spiro atoms. The largest absolute Gasteiger partial charge is 0.346 e. The lowest BCUT2D eigenvalue weighted by Crippen LogP contribution is -2.46. The summed E-state index contributed by atoms with van der Waals surface area (Å²) in [4.78, 5) is 24.0. The number of nitrogens with one attached hydrogen (secondary N) is 1. The van der Waals surface area contributed by atoms with E-state index in [4.69, 9.17) is 0 Å². The highest BCUT2D eigenvalue weighted by molar-refractivity contribution is 5.90. The molecule has 0 heterocycles. The third kappa shape index (κ3) is 4.86. The van der Waals surface area contributed by atoms with E-state index in [0.717, 1.165) is 5.56 Å². The number of hydrogen-bond acceptors (Lipinski definition) is 2. The smallest absolute Gasteiger partial charge is 0.225 e. The van der Waals surface area contributed by atoms with Gasteiger partial charge in [0.2, 0.25) is 5.91 Å². The number of rotatable bonds is 5. The van der Waals surface area contributed by atoms with Gasteiger partial charge in [-0.25, -0.2) is 0 Å². The van der Waals surface area contributed by atoms with E-state index in [0.29, 0.717) is 12.8 Å². The molecule has 1 aromatic carbocycles. The number of amides is 1. The second kappa shape index (κ2) is 6.50. The summed E-state index contributed by atoms with van der Waals surface area (Å²) in [7, 11) is 0. The molecule has 3 heteroatoms. The number of ketones is 1. The standard InChI is InChI=1S/C16H23NO2/c1-5-14(18)13(17-15(19)16(2,3)4)11-12-9-7-6-8-10-12/h6-10,13H,5,11H2,1-4H3,(H,17,19)/t13-/m0/s1. The Labute approximate surface area is 115 Å². The zero-order valence-electron chi connectivity index (χ0n) is 12.2. The SMILES string of the molecule is CCC(=O)[C@H](Cc1ccccc1)NC(=O)C(C)(C)C. The molecule has 0 saturated carbocycles. The Morgan fingerprint density at radius 2 is 1.74 bits per heavy atom. The molecule has 1 N–H and O–H groups in total. The van der Waals surface area contributed by atoms with Crippen molar-refractivity contribution in [3.63, 3.8) is 0 Å². The minimum absolute atomic E-state index is 0.0708. The lowest BCUT2D eigenvalue weighted by atomic mass is 9.93. The predicted octanol–water partition coefficient (Wildman–Crippen LogP) is 2.74. The molecule has 0 aliphatic rings. The van der Waals surface area contributed by atoms with Gasteiger partial charge in [0, 0.05) is 11.8 Å². The first-order valence-corrected chi connectivity index (χ1v) is 6.72. The fourth-order valence-electron chi connectivity index (χ4n) is 1.72. The maximum atomic E-state index is 12.0. The lowest BCUT2D eigenvalue weighted by Gasteiger charge is -2.23. The summed E-state index contributed by atoms with van der Waals surface area (Å²) in [5.74, 6) is -0.0170. The third-order valence-corrected chi connectivity index (χ3v) is 3.01. The van der Waals surface area contributed by atoms with Crippen molar-refractivity contribution in [1.82, 2.24) is 5.32 Å². The van der Waals surface area contributed by atoms with E-state index in [1.165, 1.54) is 0 Å². The molecule has 0 aromatic heterocycles. The van der Waals surface area contributed by atoms with Crippen molar-refractivity contribution in [2.45, 2.75) is 46.6 Å². The van der Waals surface area contributed by atoms with Gasteiger partial charge in [0.15, 0.2) is 5.78 Å². The Balaban J connectivity index is 2.79. The van der Waals surface area contributed by atoms with E-state index < -0.39 is 11.5 Å². The molecule has 0 aliphatic heterocycles. The molecule has 0 saturated heterocycles. The van der Waals surface area contributed by atoms with Gasteiger partial charge in [-0.2, -0.15) is 0 Å². The quantitative estimate of drug-likeness (QED) is 0.886. The average Bonchev–Trinajstić information content (AvgIpc) is 2.37. The Kier molecular flexibility index (Phi) is 5.28. The van der Waals surface area contributed by atoms with Gasteiger partial charge in [0.05, 0.1) is 6.04 Å². The third-order valence-electron chi connectivity index (χ3n) is 3.01. The van der Waals surface area contributed by atoms with E-state index in [9.17, 15) is 9.59 Å². The molecular weight excluding hydrogens is 238 g/mol. The summed E-state index contributed by atoms with van der Waals surface area (Å²) in [5.41, 5.74) is 0.576. The van der Waals surface area contributed by atoms with Gasteiger partial charge in [0.1, 0.15) is 0 Å². The van der Waals surface area contributed by atoms with Crippen molar-refractivity contribution >= 4 is 11.7 Å². The number of Topliss-reactive ketones (excluding diaryl/α,β-unsaturated/α-hetero) is 1. The minimum Gasteiger partial charge on any atom is -0.346 e. The molecule has 0 fully saturated rings. The van der Waals surface area contributed by atoms with Crippen LogP contribution in [0.25, 0.3) is 0 Å². The van der Waals surface area contributed by atoms with Crippen molar-refractivity contribution < 1.29 is 9.59 Å². The molecule has 19 heavy (non-hydrogen) atoms. The van der Waals surface area contributed by atoms with Crippen LogP contribution in [-0.2, 0) is 16.0 Å². The molecule has 104 valence electrons. The lowest BCUT2D eigenvalue weighted by molar-refractivity contribution is -0.132. The van der Waals surface area contributed by atoms with E-state index in [1.807, 2.05) is 58.0 Å². The zero-order valence-corrected chi connectivity index (χ0v) is 12.2. The predicted molar refractivity (Wildman–Crippen MR) is 76.8 cm³/mol. The Hall–Kier alpha value is -1.64. The molecular formula is C16H23NO2. The summed E-state index contributed by atoms with van der Waals surface area (Å²) in [6.07, 6.45) is 0.983. The summed E-state index contributed by atoms with van der Waals surface area (Å²) in [6.45, 7) is 7.36. The normalized spacial score (nSPS) is 12.8. The van der Waals surface area contributed by atoms with E-state index in [-0.39, 0.29) is 11.7 Å².